The van der Waals surface area contributed by atoms with E-state index in [1.807, 2.05) is 6.07 Å². The van der Waals surface area contributed by atoms with E-state index in [1.54, 1.807) is 20.2 Å². The van der Waals surface area contributed by atoms with Crippen LogP contribution < -0.4 is 10.2 Å². The number of nitrogens with zero attached hydrogens (tertiary/aromatic N) is 2. The minimum atomic E-state index is -1.28. The number of ketones is 1. The Morgan fingerprint density at radius 2 is 2.13 bits per heavy atom. The predicted octanol–water partition coefficient (Wildman–Crippen LogP) is 0.344. The fourth-order valence-corrected chi connectivity index (χ4v) is 6.82. The third kappa shape index (κ3) is 2.41. The number of aromatic hydroxyl groups is 1. The van der Waals surface area contributed by atoms with Crippen molar-refractivity contribution < 1.29 is 24.5 Å². The number of phenols is 1. The number of aliphatic hydroxyl groups is 1. The molecule has 2 heterocycles. The fourth-order valence-electron chi connectivity index (χ4n) is 6.82. The molecule has 2 aliphatic heterocycles. The van der Waals surface area contributed by atoms with E-state index < -0.39 is 28.9 Å². The normalized spacial score (nSPS) is 38.1. The molecule has 166 valence electrons. The van der Waals surface area contributed by atoms with E-state index in [0.717, 1.165) is 24.2 Å². The molecule has 8 heteroatoms. The molecule has 1 aromatic rings. The van der Waals surface area contributed by atoms with E-state index >= 15 is 0 Å². The minimum absolute atomic E-state index is 0.00849. The summed E-state index contributed by atoms with van der Waals surface area (Å²) >= 11 is 0. The van der Waals surface area contributed by atoms with Crippen LogP contribution in [0.4, 0.5) is 0 Å². The Labute approximate surface area is 181 Å². The standard InChI is InChI=1S/C23H29N3O5/c1-25(2)24-21(29)14-10-23(30)16-9-13-5-6-15(27)19-17(13)22(23,20(31-19)18(14)28)7-8-26(16)11-12-3-4-12/h5-6,12,14,16,20,27,30H,3-4,7-11H2,1-2H3,(H,24,29)/t14?,16-,20+,22+,23-/m1/s1. The molecule has 2 bridgehead atoms. The third-order valence-electron chi connectivity index (χ3n) is 8.28. The Kier molecular flexibility index (Phi) is 3.91. The number of hydrazine groups is 1. The van der Waals surface area contributed by atoms with E-state index in [-0.39, 0.29) is 24.0 Å². The SMILES string of the molecule is CN(C)NC(=O)C1C[C@@]2(O)[C@H]3Cc4ccc(O)c5c4[C@@]2(CCN3CC2CC2)[C@@H](O5)C1=O. The van der Waals surface area contributed by atoms with E-state index in [9.17, 15) is 19.8 Å². The summed E-state index contributed by atoms with van der Waals surface area (Å²) < 4.78 is 6.13. The highest BCUT2D eigenvalue weighted by Gasteiger charge is 2.75. The lowest BCUT2D eigenvalue weighted by atomic mass is 9.47. The zero-order valence-electron chi connectivity index (χ0n) is 17.9. The number of piperidine rings is 1. The summed E-state index contributed by atoms with van der Waals surface area (Å²) in [6, 6.07) is 3.34. The highest BCUT2D eigenvalue weighted by Crippen LogP contribution is 2.65. The van der Waals surface area contributed by atoms with Gasteiger partial charge in [-0.15, -0.1) is 0 Å². The van der Waals surface area contributed by atoms with Crippen LogP contribution in [0.3, 0.4) is 0 Å². The van der Waals surface area contributed by atoms with Crippen LogP contribution in [0.25, 0.3) is 0 Å². The third-order valence-corrected chi connectivity index (χ3v) is 8.28. The van der Waals surface area contributed by atoms with Crippen LogP contribution in [0.2, 0.25) is 0 Å². The molecule has 0 radical (unpaired) electrons. The number of carbonyl (C=O) groups is 2. The van der Waals surface area contributed by atoms with Gasteiger partial charge in [-0.3, -0.25) is 19.9 Å². The van der Waals surface area contributed by atoms with Crippen LogP contribution in [-0.2, 0) is 21.4 Å². The second kappa shape index (κ2) is 6.21. The van der Waals surface area contributed by atoms with Crippen LogP contribution in [0, 0.1) is 11.8 Å². The second-order valence-electron chi connectivity index (χ2n) is 10.3. The lowest BCUT2D eigenvalue weighted by molar-refractivity contribution is -0.199. The van der Waals surface area contributed by atoms with Gasteiger partial charge in [0, 0.05) is 32.2 Å². The van der Waals surface area contributed by atoms with Crippen molar-refractivity contribution in [2.75, 3.05) is 27.2 Å². The van der Waals surface area contributed by atoms with Crippen molar-refractivity contribution in [1.82, 2.24) is 15.3 Å². The van der Waals surface area contributed by atoms with Crippen molar-refractivity contribution in [3.05, 3.63) is 23.3 Å². The Morgan fingerprint density at radius 3 is 2.84 bits per heavy atom. The Balaban J connectivity index is 1.51. The molecular weight excluding hydrogens is 398 g/mol. The summed E-state index contributed by atoms with van der Waals surface area (Å²) in [5, 5.41) is 24.5. The molecule has 3 N–H and O–H groups in total. The minimum Gasteiger partial charge on any atom is -0.504 e. The maximum Gasteiger partial charge on any atom is 0.245 e. The van der Waals surface area contributed by atoms with Crippen molar-refractivity contribution >= 4 is 11.7 Å². The number of hydrogen-bond acceptors (Lipinski definition) is 7. The Morgan fingerprint density at radius 1 is 1.35 bits per heavy atom. The highest BCUT2D eigenvalue weighted by atomic mass is 16.5. The maximum absolute atomic E-state index is 13.6. The average Bonchev–Trinajstić information content (AvgIpc) is 3.44. The quantitative estimate of drug-likeness (QED) is 0.471. The summed E-state index contributed by atoms with van der Waals surface area (Å²) in [4.78, 5) is 28.9. The van der Waals surface area contributed by atoms with Crippen molar-refractivity contribution in [2.45, 2.75) is 55.3 Å². The van der Waals surface area contributed by atoms with Crippen molar-refractivity contribution in [1.29, 1.82) is 0 Å². The molecule has 5 aliphatic rings. The van der Waals surface area contributed by atoms with Crippen molar-refractivity contribution in [3.8, 4) is 11.5 Å². The van der Waals surface area contributed by atoms with Crippen molar-refractivity contribution in [3.63, 3.8) is 0 Å². The van der Waals surface area contributed by atoms with E-state index in [1.165, 1.54) is 17.9 Å². The van der Waals surface area contributed by atoms with Gasteiger partial charge in [0.1, 0.15) is 5.92 Å². The van der Waals surface area contributed by atoms with Crippen molar-refractivity contribution in [2.24, 2.45) is 11.8 Å². The highest BCUT2D eigenvalue weighted by molar-refractivity contribution is 6.06. The lowest BCUT2D eigenvalue weighted by Crippen LogP contribution is -2.78. The summed E-state index contributed by atoms with van der Waals surface area (Å²) in [5.74, 6) is -0.737. The Bertz CT molecular complexity index is 992. The molecule has 1 spiro atoms. The molecule has 2 saturated carbocycles. The summed E-state index contributed by atoms with van der Waals surface area (Å²) in [6.45, 7) is 1.72. The first kappa shape index (κ1) is 19.5. The number of likely N-dealkylation sites (tertiary alicyclic amines) is 1. The molecule has 8 nitrogen and oxygen atoms in total. The number of nitrogens with one attached hydrogen (secondary N) is 1. The molecule has 1 saturated heterocycles. The zero-order chi connectivity index (χ0) is 21.7. The molecule has 3 aliphatic carbocycles. The number of hydrogen-bond donors (Lipinski definition) is 3. The number of carbonyl (C=O) groups excluding carboxylic acids is 2. The van der Waals surface area contributed by atoms with E-state index in [0.29, 0.717) is 24.5 Å². The predicted molar refractivity (Wildman–Crippen MR) is 111 cm³/mol. The number of benzene rings is 1. The second-order valence-corrected chi connectivity index (χ2v) is 10.3. The van der Waals surface area contributed by atoms with Gasteiger partial charge in [0.2, 0.25) is 5.91 Å². The van der Waals surface area contributed by atoms with Crippen LogP contribution in [-0.4, -0.2) is 76.7 Å². The first-order valence-electron chi connectivity index (χ1n) is 11.3. The molecule has 3 fully saturated rings. The first-order valence-corrected chi connectivity index (χ1v) is 11.3. The Hall–Kier alpha value is -2.16. The van der Waals surface area contributed by atoms with Gasteiger partial charge < -0.3 is 14.9 Å². The summed E-state index contributed by atoms with van der Waals surface area (Å²) in [7, 11) is 3.39. The molecule has 1 unspecified atom stereocenters. The zero-order valence-corrected chi connectivity index (χ0v) is 17.9. The van der Waals surface area contributed by atoms with Gasteiger partial charge in [0.15, 0.2) is 23.4 Å². The topological polar surface area (TPSA) is 102 Å². The molecule has 1 amide bonds. The molecular formula is C23H29N3O5. The summed E-state index contributed by atoms with van der Waals surface area (Å²) in [6.07, 6.45) is 2.76. The number of Topliss-reactive ketones (excluding diaryl/α,β-unsaturated/α-hetero) is 1. The van der Waals surface area contributed by atoms with Gasteiger partial charge in [-0.1, -0.05) is 6.07 Å². The van der Waals surface area contributed by atoms with Gasteiger partial charge in [-0.25, -0.2) is 5.01 Å². The largest absolute Gasteiger partial charge is 0.504 e. The van der Waals surface area contributed by atoms with Gasteiger partial charge in [-0.2, -0.15) is 0 Å². The van der Waals surface area contributed by atoms with Gasteiger partial charge >= 0.3 is 0 Å². The molecule has 5 atom stereocenters. The first-order chi connectivity index (χ1) is 14.8. The lowest BCUT2D eigenvalue weighted by Gasteiger charge is -2.63. The van der Waals surface area contributed by atoms with Crippen LogP contribution in [0.15, 0.2) is 12.1 Å². The molecule has 6 rings (SSSR count). The monoisotopic (exact) mass is 427 g/mol. The molecule has 1 aromatic carbocycles. The molecule has 31 heavy (non-hydrogen) atoms. The number of ether oxygens (including phenoxy) is 1. The number of amides is 1. The summed E-state index contributed by atoms with van der Waals surface area (Å²) in [5.41, 5.74) is 2.33. The van der Waals surface area contributed by atoms with Gasteiger partial charge in [0.25, 0.3) is 0 Å². The van der Waals surface area contributed by atoms with E-state index in [2.05, 4.69) is 10.3 Å². The fraction of sp³-hybridized carbons (Fsp3) is 0.652. The number of phenolic OH excluding ortho intramolecular Hbond substituents is 1. The van der Waals surface area contributed by atoms with Crippen LogP contribution >= 0.6 is 0 Å². The number of rotatable bonds is 4. The smallest absolute Gasteiger partial charge is 0.245 e. The van der Waals surface area contributed by atoms with Crippen LogP contribution in [0.1, 0.15) is 36.8 Å². The van der Waals surface area contributed by atoms with Gasteiger partial charge in [-0.05, 0) is 56.2 Å². The van der Waals surface area contributed by atoms with Crippen LogP contribution in [0.5, 0.6) is 11.5 Å². The molecule has 0 aromatic heterocycles. The maximum atomic E-state index is 13.6. The average molecular weight is 428 g/mol. The van der Waals surface area contributed by atoms with E-state index in [4.69, 9.17) is 4.74 Å². The van der Waals surface area contributed by atoms with Gasteiger partial charge in [0.05, 0.1) is 11.0 Å².